The second-order valence-corrected chi connectivity index (χ2v) is 6.24. The molecule has 4 heteroatoms. The Morgan fingerprint density at radius 1 is 0.714 bits per heavy atom. The van der Waals surface area contributed by atoms with Gasteiger partial charge in [-0.05, 0) is 5.56 Å². The molecular weight excluding hydrogens is 352 g/mol. The molecule has 4 nitrogen and oxygen atoms in total. The van der Waals surface area contributed by atoms with Crippen LogP contribution in [0, 0.1) is 0 Å². The van der Waals surface area contributed by atoms with E-state index in [-0.39, 0.29) is 22.6 Å². The molecule has 0 aliphatic heterocycles. The van der Waals surface area contributed by atoms with Gasteiger partial charge in [-0.25, -0.2) is 4.79 Å². The Hall–Kier alpha value is -3.92. The molecule has 0 amide bonds. The fourth-order valence-corrected chi connectivity index (χ4v) is 3.12. The maximum absolute atomic E-state index is 13.2. The Kier molecular flexibility index (Phi) is 4.60. The van der Waals surface area contributed by atoms with Crippen molar-refractivity contribution in [2.45, 2.75) is 0 Å². The average Bonchev–Trinajstić information content (AvgIpc) is 2.75. The number of carbonyl (C=O) groups excluding carboxylic acids is 1. The molecule has 0 radical (unpaired) electrons. The maximum Gasteiger partial charge on any atom is 0.348 e. The highest BCUT2D eigenvalue weighted by Gasteiger charge is 2.27. The van der Waals surface area contributed by atoms with E-state index in [1.54, 1.807) is 84.9 Å². The number of aromatic hydroxyl groups is 1. The average molecular weight is 368 g/mol. The van der Waals surface area contributed by atoms with Crippen LogP contribution < -0.4 is 5.63 Å². The van der Waals surface area contributed by atoms with Gasteiger partial charge in [0.25, 0.3) is 0 Å². The first-order valence-corrected chi connectivity index (χ1v) is 8.77. The first kappa shape index (κ1) is 17.5. The summed E-state index contributed by atoms with van der Waals surface area (Å²) in [6.07, 6.45) is 0. The number of carbonyl (C=O) groups is 1. The maximum atomic E-state index is 13.2. The minimum Gasteiger partial charge on any atom is -0.506 e. The molecule has 136 valence electrons. The van der Waals surface area contributed by atoms with Crippen LogP contribution in [0.3, 0.4) is 0 Å². The predicted molar refractivity (Wildman–Crippen MR) is 107 cm³/mol. The third-order valence-electron chi connectivity index (χ3n) is 4.46. The van der Waals surface area contributed by atoms with E-state index in [2.05, 4.69) is 0 Å². The van der Waals surface area contributed by atoms with E-state index in [0.29, 0.717) is 16.7 Å². The van der Waals surface area contributed by atoms with Gasteiger partial charge in [0.1, 0.15) is 16.9 Å². The van der Waals surface area contributed by atoms with Crippen molar-refractivity contribution >= 4 is 5.78 Å². The zero-order chi connectivity index (χ0) is 19.5. The van der Waals surface area contributed by atoms with Gasteiger partial charge in [-0.15, -0.1) is 0 Å². The molecule has 0 aliphatic carbocycles. The summed E-state index contributed by atoms with van der Waals surface area (Å²) in [5.74, 6) is -0.746. The molecule has 1 aromatic heterocycles. The topological polar surface area (TPSA) is 67.5 Å². The van der Waals surface area contributed by atoms with Crippen molar-refractivity contribution in [3.63, 3.8) is 0 Å². The summed E-state index contributed by atoms with van der Waals surface area (Å²) in [6.45, 7) is 0. The minimum atomic E-state index is -0.702. The highest BCUT2D eigenvalue weighted by molar-refractivity contribution is 6.14. The van der Waals surface area contributed by atoms with E-state index in [9.17, 15) is 14.7 Å². The van der Waals surface area contributed by atoms with Crippen molar-refractivity contribution in [2.24, 2.45) is 0 Å². The Balaban J connectivity index is 2.03. The van der Waals surface area contributed by atoms with Crippen LogP contribution in [-0.4, -0.2) is 10.9 Å². The van der Waals surface area contributed by atoms with Crippen LogP contribution >= 0.6 is 0 Å². The molecule has 0 unspecified atom stereocenters. The molecule has 1 heterocycles. The van der Waals surface area contributed by atoms with Crippen molar-refractivity contribution in [3.05, 3.63) is 113 Å². The molecule has 28 heavy (non-hydrogen) atoms. The fourth-order valence-electron chi connectivity index (χ4n) is 3.12. The number of ketones is 1. The molecule has 4 rings (SSSR count). The first-order valence-electron chi connectivity index (χ1n) is 8.77. The van der Waals surface area contributed by atoms with Gasteiger partial charge in [-0.2, -0.15) is 0 Å². The summed E-state index contributed by atoms with van der Waals surface area (Å²) < 4.78 is 5.57. The normalized spacial score (nSPS) is 10.6. The van der Waals surface area contributed by atoms with Crippen molar-refractivity contribution in [2.75, 3.05) is 0 Å². The quantitative estimate of drug-likeness (QED) is 0.520. The van der Waals surface area contributed by atoms with Crippen molar-refractivity contribution in [3.8, 4) is 28.2 Å². The van der Waals surface area contributed by atoms with E-state index in [1.807, 2.05) is 6.07 Å². The molecule has 3 aromatic carbocycles. The molecule has 0 spiro atoms. The standard InChI is InChI=1S/C24H16O4/c25-21(17-12-6-2-7-13-17)20-22(26)19(16-10-4-1-5-11-16)24(27)28-23(20)18-14-8-3-9-15-18/h1-15,26H. The summed E-state index contributed by atoms with van der Waals surface area (Å²) in [5, 5.41) is 11.0. The highest BCUT2D eigenvalue weighted by atomic mass is 16.4. The molecule has 0 aliphatic rings. The molecular formula is C24H16O4. The van der Waals surface area contributed by atoms with Crippen LogP contribution in [0.5, 0.6) is 5.75 Å². The van der Waals surface area contributed by atoms with Crippen LogP contribution in [0.15, 0.2) is 100 Å². The smallest absolute Gasteiger partial charge is 0.348 e. The third-order valence-corrected chi connectivity index (χ3v) is 4.46. The lowest BCUT2D eigenvalue weighted by Crippen LogP contribution is -2.12. The lowest BCUT2D eigenvalue weighted by atomic mass is 9.95. The SMILES string of the molecule is O=C(c1ccccc1)c1c(-c2ccccc2)oc(=O)c(-c2ccccc2)c1O. The van der Waals surface area contributed by atoms with E-state index in [0.717, 1.165) is 0 Å². The molecule has 0 fully saturated rings. The first-order chi connectivity index (χ1) is 13.7. The van der Waals surface area contributed by atoms with Crippen molar-refractivity contribution in [1.82, 2.24) is 0 Å². The van der Waals surface area contributed by atoms with Gasteiger partial charge in [0, 0.05) is 11.1 Å². The zero-order valence-electron chi connectivity index (χ0n) is 14.8. The van der Waals surface area contributed by atoms with Crippen LogP contribution in [0.1, 0.15) is 15.9 Å². The van der Waals surface area contributed by atoms with Gasteiger partial charge in [0.05, 0.1) is 0 Å². The van der Waals surface area contributed by atoms with Gasteiger partial charge in [-0.3, -0.25) is 4.79 Å². The van der Waals surface area contributed by atoms with Gasteiger partial charge in [-0.1, -0.05) is 91.0 Å². The Morgan fingerprint density at radius 2 is 1.21 bits per heavy atom. The molecule has 0 atom stereocenters. The summed E-state index contributed by atoms with van der Waals surface area (Å²) in [6, 6.07) is 26.1. The molecule has 0 bridgehead atoms. The van der Waals surface area contributed by atoms with E-state index in [4.69, 9.17) is 4.42 Å². The van der Waals surface area contributed by atoms with Gasteiger partial charge in [0.15, 0.2) is 5.76 Å². The summed E-state index contributed by atoms with van der Waals surface area (Å²) >= 11 is 0. The van der Waals surface area contributed by atoms with Crippen molar-refractivity contribution < 1.29 is 14.3 Å². The van der Waals surface area contributed by atoms with Gasteiger partial charge >= 0.3 is 5.63 Å². The van der Waals surface area contributed by atoms with Crippen LogP contribution in [0.25, 0.3) is 22.5 Å². The fraction of sp³-hybridized carbons (Fsp3) is 0. The van der Waals surface area contributed by atoms with Crippen molar-refractivity contribution in [1.29, 1.82) is 0 Å². The summed E-state index contributed by atoms with van der Waals surface area (Å²) in [4.78, 5) is 25.9. The monoisotopic (exact) mass is 368 g/mol. The lowest BCUT2D eigenvalue weighted by molar-refractivity contribution is 0.103. The molecule has 0 saturated heterocycles. The summed E-state index contributed by atoms with van der Waals surface area (Å²) in [5.41, 5.74) is 0.648. The second kappa shape index (κ2) is 7.37. The number of hydrogen-bond donors (Lipinski definition) is 1. The molecule has 4 aromatic rings. The van der Waals surface area contributed by atoms with Crippen LogP contribution in [0.4, 0.5) is 0 Å². The van der Waals surface area contributed by atoms with Gasteiger partial charge < -0.3 is 9.52 Å². The third kappa shape index (κ3) is 3.12. The Bertz CT molecular complexity index is 1180. The number of benzene rings is 3. The number of hydrogen-bond acceptors (Lipinski definition) is 4. The largest absolute Gasteiger partial charge is 0.506 e. The van der Waals surface area contributed by atoms with E-state index < -0.39 is 11.4 Å². The van der Waals surface area contributed by atoms with Gasteiger partial charge in [0.2, 0.25) is 5.78 Å². The second-order valence-electron chi connectivity index (χ2n) is 6.24. The summed E-state index contributed by atoms with van der Waals surface area (Å²) in [7, 11) is 0. The Labute approximate surface area is 161 Å². The lowest BCUT2D eigenvalue weighted by Gasteiger charge is -2.13. The van der Waals surface area contributed by atoms with E-state index in [1.165, 1.54) is 0 Å². The van der Waals surface area contributed by atoms with Crippen LogP contribution in [-0.2, 0) is 0 Å². The zero-order valence-corrected chi connectivity index (χ0v) is 14.8. The highest BCUT2D eigenvalue weighted by Crippen LogP contribution is 2.37. The Morgan fingerprint density at radius 3 is 1.79 bits per heavy atom. The molecule has 0 saturated carbocycles. The number of rotatable bonds is 4. The predicted octanol–water partition coefficient (Wildman–Crippen LogP) is 4.91. The molecule has 1 N–H and O–H groups in total. The minimum absolute atomic E-state index is 0.0282. The van der Waals surface area contributed by atoms with Crippen LogP contribution in [0.2, 0.25) is 0 Å². The van der Waals surface area contributed by atoms with E-state index >= 15 is 0 Å².